The van der Waals surface area contributed by atoms with E-state index in [1.807, 2.05) is 0 Å². The zero-order valence-corrected chi connectivity index (χ0v) is 14.5. The molecule has 0 saturated heterocycles. The van der Waals surface area contributed by atoms with Gasteiger partial charge in [0.25, 0.3) is 5.91 Å². The Morgan fingerprint density at radius 3 is 2.19 bits per heavy atom. The third-order valence-electron chi connectivity index (χ3n) is 3.47. The van der Waals surface area contributed by atoms with Crippen LogP contribution < -0.4 is 10.1 Å². The van der Waals surface area contributed by atoms with Crippen LogP contribution in [0, 0.1) is 0 Å². The van der Waals surface area contributed by atoms with Crippen LogP contribution >= 0.6 is 0 Å². The molecule has 0 heterocycles. The molecule has 2 N–H and O–H groups in total. The summed E-state index contributed by atoms with van der Waals surface area (Å²) in [6.45, 7) is 3.91. The van der Waals surface area contributed by atoms with Gasteiger partial charge in [0.15, 0.2) is 0 Å². The standard InChI is InChI=1S/C20H19NO6/c1-2-18(22)27-13-3-12-26-17-10-6-14(7-11-17)19(23)21-16-8-4-15(5-9-16)20(24)25/h2,4-11H,1,3,12-13H2,(H,21,23)(H,24,25). The number of esters is 1. The van der Waals surface area contributed by atoms with Crippen molar-refractivity contribution in [2.75, 3.05) is 18.5 Å². The van der Waals surface area contributed by atoms with Crippen molar-refractivity contribution in [1.29, 1.82) is 0 Å². The SMILES string of the molecule is C=CC(=O)OCCCOc1ccc(C(=O)Nc2ccc(C(=O)O)cc2)cc1. The van der Waals surface area contributed by atoms with Gasteiger partial charge < -0.3 is 19.9 Å². The third kappa shape index (κ3) is 6.32. The summed E-state index contributed by atoms with van der Waals surface area (Å²) in [5.41, 5.74) is 1.08. The molecule has 0 saturated carbocycles. The Labute approximate surface area is 156 Å². The summed E-state index contributed by atoms with van der Waals surface area (Å²) in [7, 11) is 0. The van der Waals surface area contributed by atoms with Gasteiger partial charge in [-0.25, -0.2) is 9.59 Å². The van der Waals surface area contributed by atoms with Crippen LogP contribution in [0.25, 0.3) is 0 Å². The second-order valence-electron chi connectivity index (χ2n) is 5.43. The first-order valence-corrected chi connectivity index (χ1v) is 8.16. The molecule has 2 rings (SSSR count). The van der Waals surface area contributed by atoms with E-state index in [9.17, 15) is 14.4 Å². The highest BCUT2D eigenvalue weighted by atomic mass is 16.5. The molecule has 2 aromatic carbocycles. The fourth-order valence-corrected chi connectivity index (χ4v) is 2.08. The molecule has 7 heteroatoms. The van der Waals surface area contributed by atoms with Crippen molar-refractivity contribution >= 4 is 23.5 Å². The number of aromatic carboxylic acids is 1. The Kier molecular flexibility index (Phi) is 7.13. The highest BCUT2D eigenvalue weighted by molar-refractivity contribution is 6.04. The van der Waals surface area contributed by atoms with Crippen LogP contribution in [0.1, 0.15) is 27.1 Å². The maximum absolute atomic E-state index is 12.2. The van der Waals surface area contributed by atoms with Crippen molar-refractivity contribution in [3.63, 3.8) is 0 Å². The van der Waals surface area contributed by atoms with Gasteiger partial charge in [-0.3, -0.25) is 4.79 Å². The Morgan fingerprint density at radius 1 is 0.963 bits per heavy atom. The zero-order chi connectivity index (χ0) is 19.6. The Balaban J connectivity index is 1.81. The minimum atomic E-state index is -1.03. The minimum absolute atomic E-state index is 0.147. The van der Waals surface area contributed by atoms with Crippen molar-refractivity contribution < 1.29 is 29.0 Å². The lowest BCUT2D eigenvalue weighted by molar-refractivity contribution is -0.137. The highest BCUT2D eigenvalue weighted by Crippen LogP contribution is 2.15. The van der Waals surface area contributed by atoms with E-state index in [0.717, 1.165) is 6.08 Å². The second kappa shape index (κ2) is 9.76. The van der Waals surface area contributed by atoms with Crippen molar-refractivity contribution in [2.45, 2.75) is 6.42 Å². The van der Waals surface area contributed by atoms with E-state index >= 15 is 0 Å². The molecule has 0 bridgehead atoms. The number of nitrogens with one attached hydrogen (secondary N) is 1. The molecule has 2 aromatic rings. The molecular weight excluding hydrogens is 350 g/mol. The minimum Gasteiger partial charge on any atom is -0.493 e. The number of ether oxygens (including phenoxy) is 2. The van der Waals surface area contributed by atoms with Crippen LogP contribution in [0.3, 0.4) is 0 Å². The van der Waals surface area contributed by atoms with Crippen molar-refractivity contribution in [1.82, 2.24) is 0 Å². The monoisotopic (exact) mass is 369 g/mol. The molecule has 140 valence electrons. The average Bonchev–Trinajstić information content (AvgIpc) is 2.68. The number of amides is 1. The number of carboxylic acid groups (broad SMARTS) is 1. The quantitative estimate of drug-likeness (QED) is 0.400. The van der Waals surface area contributed by atoms with E-state index < -0.39 is 11.9 Å². The number of benzene rings is 2. The lowest BCUT2D eigenvalue weighted by Gasteiger charge is -2.08. The van der Waals surface area contributed by atoms with Gasteiger partial charge in [0.1, 0.15) is 5.75 Å². The molecule has 0 fully saturated rings. The molecule has 27 heavy (non-hydrogen) atoms. The Hall–Kier alpha value is -3.61. The first-order chi connectivity index (χ1) is 13.0. The highest BCUT2D eigenvalue weighted by Gasteiger charge is 2.08. The van der Waals surface area contributed by atoms with E-state index in [-0.39, 0.29) is 18.1 Å². The van der Waals surface area contributed by atoms with Gasteiger partial charge >= 0.3 is 11.9 Å². The van der Waals surface area contributed by atoms with Crippen molar-refractivity contribution in [3.05, 3.63) is 72.3 Å². The number of hydrogen-bond donors (Lipinski definition) is 2. The molecule has 0 atom stereocenters. The van der Waals surface area contributed by atoms with Crippen LogP contribution in [0.2, 0.25) is 0 Å². The topological polar surface area (TPSA) is 102 Å². The van der Waals surface area contributed by atoms with Gasteiger partial charge in [-0.1, -0.05) is 6.58 Å². The smallest absolute Gasteiger partial charge is 0.335 e. The van der Waals surface area contributed by atoms with Gasteiger partial charge in [0.05, 0.1) is 18.8 Å². The van der Waals surface area contributed by atoms with Crippen LogP contribution in [0.4, 0.5) is 5.69 Å². The van der Waals surface area contributed by atoms with Gasteiger partial charge in [-0.2, -0.15) is 0 Å². The molecule has 0 radical (unpaired) electrons. The predicted molar refractivity (Wildman–Crippen MR) is 99.1 cm³/mol. The number of carboxylic acids is 1. The first-order valence-electron chi connectivity index (χ1n) is 8.16. The predicted octanol–water partition coefficient (Wildman–Crippen LogP) is 3.14. The van der Waals surface area contributed by atoms with Crippen LogP contribution in [0.15, 0.2) is 61.2 Å². The van der Waals surface area contributed by atoms with E-state index in [2.05, 4.69) is 11.9 Å². The molecular formula is C20H19NO6. The largest absolute Gasteiger partial charge is 0.493 e. The first kappa shape index (κ1) is 19.7. The lowest BCUT2D eigenvalue weighted by Crippen LogP contribution is -2.12. The molecule has 7 nitrogen and oxygen atoms in total. The van der Waals surface area contributed by atoms with Crippen LogP contribution in [0.5, 0.6) is 5.75 Å². The van der Waals surface area contributed by atoms with Crippen LogP contribution in [-0.2, 0) is 9.53 Å². The second-order valence-corrected chi connectivity index (χ2v) is 5.43. The molecule has 0 aliphatic heterocycles. The summed E-state index contributed by atoms with van der Waals surface area (Å²) >= 11 is 0. The van der Waals surface area contributed by atoms with Gasteiger partial charge in [0.2, 0.25) is 0 Å². The number of carbonyl (C=O) groups excluding carboxylic acids is 2. The summed E-state index contributed by atoms with van der Waals surface area (Å²) in [6, 6.07) is 12.5. The van der Waals surface area contributed by atoms with E-state index in [1.54, 1.807) is 24.3 Å². The molecule has 1 amide bonds. The lowest BCUT2D eigenvalue weighted by atomic mass is 10.2. The number of rotatable bonds is 9. The average molecular weight is 369 g/mol. The van der Waals surface area contributed by atoms with Gasteiger partial charge in [-0.05, 0) is 48.5 Å². The summed E-state index contributed by atoms with van der Waals surface area (Å²) in [4.78, 5) is 33.9. The van der Waals surface area contributed by atoms with E-state index in [0.29, 0.717) is 30.0 Å². The summed E-state index contributed by atoms with van der Waals surface area (Å²) in [5, 5.41) is 11.6. The summed E-state index contributed by atoms with van der Waals surface area (Å²) < 4.78 is 10.3. The fraction of sp³-hybridized carbons (Fsp3) is 0.150. The Bertz CT molecular complexity index is 811. The number of anilines is 1. The molecule has 0 aliphatic rings. The van der Waals surface area contributed by atoms with E-state index in [1.165, 1.54) is 24.3 Å². The maximum Gasteiger partial charge on any atom is 0.335 e. The number of hydrogen-bond acceptors (Lipinski definition) is 5. The molecule has 0 aliphatic carbocycles. The van der Waals surface area contributed by atoms with Crippen molar-refractivity contribution in [3.8, 4) is 5.75 Å². The van der Waals surface area contributed by atoms with Crippen molar-refractivity contribution in [2.24, 2.45) is 0 Å². The van der Waals surface area contributed by atoms with Gasteiger partial charge in [-0.15, -0.1) is 0 Å². The van der Waals surface area contributed by atoms with Crippen LogP contribution in [-0.4, -0.2) is 36.2 Å². The fourth-order valence-electron chi connectivity index (χ4n) is 2.08. The molecule has 0 aromatic heterocycles. The van der Waals surface area contributed by atoms with Gasteiger partial charge in [0, 0.05) is 23.7 Å². The third-order valence-corrected chi connectivity index (χ3v) is 3.47. The maximum atomic E-state index is 12.2. The summed E-state index contributed by atoms with van der Waals surface area (Å²) in [6.07, 6.45) is 1.64. The number of carbonyl (C=O) groups is 3. The zero-order valence-electron chi connectivity index (χ0n) is 14.5. The molecule has 0 unspecified atom stereocenters. The summed E-state index contributed by atoms with van der Waals surface area (Å²) in [5.74, 6) is -1.22. The Morgan fingerprint density at radius 2 is 1.59 bits per heavy atom. The van der Waals surface area contributed by atoms with E-state index in [4.69, 9.17) is 14.6 Å². The molecule has 0 spiro atoms. The normalized spacial score (nSPS) is 9.93.